The van der Waals surface area contributed by atoms with Crippen LogP contribution in [0.25, 0.3) is 0 Å². The van der Waals surface area contributed by atoms with Crippen LogP contribution >= 0.6 is 11.8 Å². The Hall–Kier alpha value is -0.970. The van der Waals surface area contributed by atoms with Crippen LogP contribution in [-0.4, -0.2) is 27.1 Å². The SMILES string of the molecule is CSc1cc(CC(=O)O)n(C)n1. The number of carboxylic acids is 1. The topological polar surface area (TPSA) is 55.1 Å². The summed E-state index contributed by atoms with van der Waals surface area (Å²) in [5.41, 5.74) is 0.729. The molecule has 1 rings (SSSR count). The molecule has 0 bridgehead atoms. The minimum absolute atomic E-state index is 0.0318. The summed E-state index contributed by atoms with van der Waals surface area (Å²) >= 11 is 1.51. The Morgan fingerprint density at radius 1 is 1.83 bits per heavy atom. The van der Waals surface area contributed by atoms with E-state index in [4.69, 9.17) is 5.11 Å². The van der Waals surface area contributed by atoms with Crippen molar-refractivity contribution in [2.45, 2.75) is 11.4 Å². The predicted molar refractivity (Wildman–Crippen MR) is 46.3 cm³/mol. The van der Waals surface area contributed by atoms with E-state index in [0.717, 1.165) is 10.7 Å². The molecule has 1 aromatic heterocycles. The molecule has 0 aromatic carbocycles. The summed E-state index contributed by atoms with van der Waals surface area (Å²) in [7, 11) is 1.75. The first-order valence-electron chi connectivity index (χ1n) is 3.42. The summed E-state index contributed by atoms with van der Waals surface area (Å²) < 4.78 is 1.60. The molecule has 0 aliphatic carbocycles. The highest BCUT2D eigenvalue weighted by atomic mass is 32.2. The van der Waals surface area contributed by atoms with Crippen molar-refractivity contribution in [3.8, 4) is 0 Å². The third-order valence-corrected chi connectivity index (χ3v) is 2.11. The molecule has 12 heavy (non-hydrogen) atoms. The lowest BCUT2D eigenvalue weighted by molar-refractivity contribution is -0.136. The monoisotopic (exact) mass is 186 g/mol. The fourth-order valence-electron chi connectivity index (χ4n) is 0.897. The summed E-state index contributed by atoms with van der Waals surface area (Å²) in [4.78, 5) is 10.4. The van der Waals surface area contributed by atoms with Crippen molar-refractivity contribution >= 4 is 17.7 Å². The van der Waals surface area contributed by atoms with Gasteiger partial charge in [-0.3, -0.25) is 9.48 Å². The zero-order valence-electron chi connectivity index (χ0n) is 6.94. The van der Waals surface area contributed by atoms with Gasteiger partial charge in [-0.15, -0.1) is 11.8 Å². The molecule has 0 radical (unpaired) electrons. The van der Waals surface area contributed by atoms with E-state index in [0.29, 0.717) is 0 Å². The Labute approximate surface area is 74.6 Å². The maximum Gasteiger partial charge on any atom is 0.309 e. The maximum atomic E-state index is 10.4. The highest BCUT2D eigenvalue weighted by Gasteiger charge is 2.07. The minimum atomic E-state index is -0.828. The summed E-state index contributed by atoms with van der Waals surface area (Å²) in [6.45, 7) is 0. The van der Waals surface area contributed by atoms with Crippen LogP contribution in [0.5, 0.6) is 0 Å². The maximum absolute atomic E-state index is 10.4. The van der Waals surface area contributed by atoms with Crippen molar-refractivity contribution in [3.05, 3.63) is 11.8 Å². The van der Waals surface area contributed by atoms with Gasteiger partial charge in [0.15, 0.2) is 0 Å². The third kappa shape index (κ3) is 2.01. The third-order valence-electron chi connectivity index (χ3n) is 1.50. The van der Waals surface area contributed by atoms with Gasteiger partial charge >= 0.3 is 5.97 Å². The zero-order valence-corrected chi connectivity index (χ0v) is 7.76. The van der Waals surface area contributed by atoms with Gasteiger partial charge in [0.05, 0.1) is 12.1 Å². The van der Waals surface area contributed by atoms with E-state index in [1.165, 1.54) is 11.8 Å². The summed E-state index contributed by atoms with van der Waals surface area (Å²) in [6, 6.07) is 1.79. The second-order valence-corrected chi connectivity index (χ2v) is 3.20. The minimum Gasteiger partial charge on any atom is -0.481 e. The van der Waals surface area contributed by atoms with E-state index in [1.54, 1.807) is 17.8 Å². The molecular weight excluding hydrogens is 176 g/mol. The van der Waals surface area contributed by atoms with Crippen molar-refractivity contribution in [2.75, 3.05) is 6.26 Å². The smallest absolute Gasteiger partial charge is 0.309 e. The Kier molecular flexibility index (Phi) is 2.75. The molecule has 0 atom stereocenters. The molecule has 0 amide bonds. The molecule has 0 saturated carbocycles. The van der Waals surface area contributed by atoms with Crippen LogP contribution in [0.2, 0.25) is 0 Å². The summed E-state index contributed by atoms with van der Waals surface area (Å²) in [5.74, 6) is -0.828. The van der Waals surface area contributed by atoms with Crippen molar-refractivity contribution in [2.24, 2.45) is 7.05 Å². The normalized spacial score (nSPS) is 10.2. The lowest BCUT2D eigenvalue weighted by Crippen LogP contribution is -2.05. The number of aryl methyl sites for hydroxylation is 1. The Morgan fingerprint density at radius 2 is 2.50 bits per heavy atom. The first-order valence-corrected chi connectivity index (χ1v) is 4.64. The van der Waals surface area contributed by atoms with Crippen LogP contribution in [0.15, 0.2) is 11.1 Å². The highest BCUT2D eigenvalue weighted by molar-refractivity contribution is 7.98. The van der Waals surface area contributed by atoms with E-state index >= 15 is 0 Å². The van der Waals surface area contributed by atoms with Gasteiger partial charge in [-0.2, -0.15) is 5.10 Å². The van der Waals surface area contributed by atoms with Gasteiger partial charge < -0.3 is 5.11 Å². The Balaban J connectivity index is 2.84. The van der Waals surface area contributed by atoms with Gasteiger partial charge in [0.2, 0.25) is 0 Å². The molecule has 0 fully saturated rings. The van der Waals surface area contributed by atoms with Crippen molar-refractivity contribution in [1.82, 2.24) is 9.78 Å². The molecule has 1 heterocycles. The second kappa shape index (κ2) is 3.62. The molecule has 5 heteroatoms. The van der Waals surface area contributed by atoms with Crippen LogP contribution in [0.3, 0.4) is 0 Å². The van der Waals surface area contributed by atoms with Crippen molar-refractivity contribution < 1.29 is 9.90 Å². The number of carboxylic acid groups (broad SMARTS) is 1. The number of thioether (sulfide) groups is 1. The van der Waals surface area contributed by atoms with E-state index in [1.807, 2.05) is 6.26 Å². The number of rotatable bonds is 3. The summed E-state index contributed by atoms with van der Waals surface area (Å²) in [5, 5.41) is 13.5. The summed E-state index contributed by atoms with van der Waals surface area (Å²) in [6.07, 6.45) is 1.94. The first kappa shape index (κ1) is 9.12. The quantitative estimate of drug-likeness (QED) is 0.708. The zero-order chi connectivity index (χ0) is 9.14. The van der Waals surface area contributed by atoms with Crippen molar-refractivity contribution in [3.63, 3.8) is 0 Å². The average Bonchev–Trinajstić information content (AvgIpc) is 2.31. The molecule has 1 N–H and O–H groups in total. The van der Waals surface area contributed by atoms with Crippen LogP contribution in [0, 0.1) is 0 Å². The van der Waals surface area contributed by atoms with E-state index < -0.39 is 5.97 Å². The Morgan fingerprint density at radius 3 is 2.92 bits per heavy atom. The molecule has 4 nitrogen and oxygen atoms in total. The van der Waals surface area contributed by atoms with E-state index in [-0.39, 0.29) is 6.42 Å². The molecule has 66 valence electrons. The number of nitrogens with zero attached hydrogens (tertiary/aromatic N) is 2. The molecule has 0 aliphatic rings. The van der Waals surface area contributed by atoms with Gasteiger partial charge in [-0.1, -0.05) is 0 Å². The number of hydrogen-bond acceptors (Lipinski definition) is 3. The van der Waals surface area contributed by atoms with Gasteiger partial charge in [0, 0.05) is 7.05 Å². The lowest BCUT2D eigenvalue weighted by atomic mass is 10.3. The average molecular weight is 186 g/mol. The largest absolute Gasteiger partial charge is 0.481 e. The molecule has 0 unspecified atom stereocenters. The van der Waals surface area contributed by atoms with Gasteiger partial charge in [-0.05, 0) is 12.3 Å². The van der Waals surface area contributed by atoms with Crippen LogP contribution in [0.4, 0.5) is 0 Å². The molecule has 0 saturated heterocycles. The predicted octanol–water partition coefficient (Wildman–Crippen LogP) is 0.769. The molecule has 0 spiro atoms. The number of aliphatic carboxylic acids is 1. The van der Waals surface area contributed by atoms with Crippen LogP contribution in [0.1, 0.15) is 5.69 Å². The molecular formula is C7H10N2O2S. The second-order valence-electron chi connectivity index (χ2n) is 2.37. The fraction of sp³-hybridized carbons (Fsp3) is 0.429. The lowest BCUT2D eigenvalue weighted by Gasteiger charge is -1.94. The number of aromatic nitrogens is 2. The van der Waals surface area contributed by atoms with E-state index in [2.05, 4.69) is 5.10 Å². The Bertz CT molecular complexity index is 296. The molecule has 0 aliphatic heterocycles. The fourth-order valence-corrected chi connectivity index (χ4v) is 1.36. The van der Waals surface area contributed by atoms with Gasteiger partial charge in [-0.25, -0.2) is 0 Å². The number of carbonyl (C=O) groups is 1. The van der Waals surface area contributed by atoms with Crippen LogP contribution < -0.4 is 0 Å². The van der Waals surface area contributed by atoms with Gasteiger partial charge in [0.1, 0.15) is 5.03 Å². The standard InChI is InChI=1S/C7H10N2O2S/c1-9-5(4-7(10)11)3-6(8-9)12-2/h3H,4H2,1-2H3,(H,10,11). The van der Waals surface area contributed by atoms with Gasteiger partial charge in [0.25, 0.3) is 0 Å². The first-order chi connectivity index (χ1) is 5.63. The van der Waals surface area contributed by atoms with Crippen LogP contribution in [-0.2, 0) is 18.3 Å². The van der Waals surface area contributed by atoms with E-state index in [9.17, 15) is 4.79 Å². The highest BCUT2D eigenvalue weighted by Crippen LogP contribution is 2.13. The number of hydrogen-bond donors (Lipinski definition) is 1. The van der Waals surface area contributed by atoms with Crippen molar-refractivity contribution in [1.29, 1.82) is 0 Å². The molecule has 1 aromatic rings.